The molecule has 1 aliphatic heterocycles. The zero-order chi connectivity index (χ0) is 21.3. The average molecular weight is 432 g/mol. The Morgan fingerprint density at radius 2 is 1.83 bits per heavy atom. The topological polar surface area (TPSA) is 45.7 Å². The van der Waals surface area contributed by atoms with E-state index in [2.05, 4.69) is 18.8 Å². The second-order valence-corrected chi connectivity index (χ2v) is 8.62. The Balaban J connectivity index is 1.31. The summed E-state index contributed by atoms with van der Waals surface area (Å²) >= 11 is 1.26. The van der Waals surface area contributed by atoms with Gasteiger partial charge >= 0.3 is 0 Å². The fraction of sp³-hybridized carbons (Fsp3) is 0.364. The van der Waals surface area contributed by atoms with Crippen molar-refractivity contribution in [1.29, 1.82) is 0 Å². The van der Waals surface area contributed by atoms with Crippen molar-refractivity contribution in [2.45, 2.75) is 19.8 Å². The Morgan fingerprint density at radius 1 is 1.13 bits per heavy atom. The monoisotopic (exact) mass is 431 g/mol. The number of halogens is 2. The molecule has 0 radical (unpaired) electrons. The molecule has 0 atom stereocenters. The van der Waals surface area contributed by atoms with Gasteiger partial charge in [-0.15, -0.1) is 0 Å². The van der Waals surface area contributed by atoms with Crippen LogP contribution < -0.4 is 9.64 Å². The number of rotatable bonds is 5. The normalized spacial score (nSPS) is 14.6. The van der Waals surface area contributed by atoms with Gasteiger partial charge in [-0.3, -0.25) is 4.79 Å². The van der Waals surface area contributed by atoms with Gasteiger partial charge in [-0.05, 0) is 29.7 Å². The van der Waals surface area contributed by atoms with Crippen molar-refractivity contribution in [3.05, 3.63) is 53.6 Å². The summed E-state index contributed by atoms with van der Waals surface area (Å²) in [6.45, 7) is 6.47. The second kappa shape index (κ2) is 8.55. The molecule has 158 valence electrons. The van der Waals surface area contributed by atoms with Gasteiger partial charge in [-0.25, -0.2) is 13.8 Å². The van der Waals surface area contributed by atoms with Gasteiger partial charge in [0.05, 0.1) is 4.70 Å². The highest BCUT2D eigenvalue weighted by Gasteiger charge is 2.24. The Labute approximate surface area is 177 Å². The van der Waals surface area contributed by atoms with E-state index in [-0.39, 0.29) is 18.0 Å². The fourth-order valence-corrected chi connectivity index (χ4v) is 4.47. The van der Waals surface area contributed by atoms with Crippen molar-refractivity contribution >= 4 is 32.6 Å². The van der Waals surface area contributed by atoms with Crippen molar-refractivity contribution in [2.24, 2.45) is 0 Å². The minimum absolute atomic E-state index is 0.00729. The largest absolute Gasteiger partial charge is 0.484 e. The molecule has 2 aromatic carbocycles. The number of aromatic nitrogens is 1. The molecule has 1 fully saturated rings. The second-order valence-electron chi connectivity index (χ2n) is 7.61. The lowest BCUT2D eigenvalue weighted by Crippen LogP contribution is -2.50. The lowest BCUT2D eigenvalue weighted by Gasteiger charge is -2.34. The molecule has 1 amide bonds. The molecule has 5 nitrogen and oxygen atoms in total. The molecule has 2 heterocycles. The summed E-state index contributed by atoms with van der Waals surface area (Å²) in [5.74, 6) is -0.206. The van der Waals surface area contributed by atoms with E-state index in [4.69, 9.17) is 4.74 Å². The zero-order valence-electron chi connectivity index (χ0n) is 16.9. The van der Waals surface area contributed by atoms with Crippen molar-refractivity contribution in [3.63, 3.8) is 0 Å². The summed E-state index contributed by atoms with van der Waals surface area (Å²) in [7, 11) is 0. The number of hydrogen-bond donors (Lipinski definition) is 0. The number of hydrogen-bond acceptors (Lipinski definition) is 5. The number of anilines is 1. The van der Waals surface area contributed by atoms with Crippen LogP contribution in [0.1, 0.15) is 25.3 Å². The van der Waals surface area contributed by atoms with Crippen LogP contribution in [0.4, 0.5) is 13.9 Å². The number of piperazine rings is 1. The summed E-state index contributed by atoms with van der Waals surface area (Å²) in [5, 5.41) is 0.642. The first-order chi connectivity index (χ1) is 14.4. The number of carbonyl (C=O) groups excluding carboxylic acids is 1. The van der Waals surface area contributed by atoms with Gasteiger partial charge in [0.2, 0.25) is 0 Å². The van der Waals surface area contributed by atoms with E-state index in [9.17, 15) is 13.6 Å². The molecule has 0 spiro atoms. The molecule has 0 saturated carbocycles. The maximum atomic E-state index is 13.9. The molecule has 1 aromatic heterocycles. The highest BCUT2D eigenvalue weighted by Crippen LogP contribution is 2.31. The first-order valence-corrected chi connectivity index (χ1v) is 10.7. The highest BCUT2D eigenvalue weighted by molar-refractivity contribution is 7.22. The van der Waals surface area contributed by atoms with Gasteiger partial charge in [0, 0.05) is 32.2 Å². The molecule has 30 heavy (non-hydrogen) atoms. The van der Waals surface area contributed by atoms with Crippen LogP contribution in [0.5, 0.6) is 5.75 Å². The predicted octanol–water partition coefficient (Wildman–Crippen LogP) is 4.43. The molecule has 0 unspecified atom stereocenters. The number of benzene rings is 2. The van der Waals surface area contributed by atoms with Crippen LogP contribution >= 0.6 is 11.3 Å². The summed E-state index contributed by atoms with van der Waals surface area (Å²) in [6, 6.07) is 9.93. The van der Waals surface area contributed by atoms with Gasteiger partial charge in [-0.2, -0.15) is 0 Å². The lowest BCUT2D eigenvalue weighted by molar-refractivity contribution is -0.133. The molecule has 1 aliphatic rings. The quantitative estimate of drug-likeness (QED) is 0.600. The first-order valence-electron chi connectivity index (χ1n) is 9.92. The van der Waals surface area contributed by atoms with Crippen LogP contribution in [-0.2, 0) is 4.79 Å². The average Bonchev–Trinajstić information content (AvgIpc) is 3.17. The van der Waals surface area contributed by atoms with E-state index in [0.29, 0.717) is 47.7 Å². The van der Waals surface area contributed by atoms with Crippen LogP contribution in [0.15, 0.2) is 36.4 Å². The Kier molecular flexibility index (Phi) is 5.85. The molecule has 4 rings (SSSR count). The SMILES string of the molecule is CC(C)c1ccc(OCC(=O)N2CCN(c3nc4c(F)cc(F)cc4s3)CC2)cc1. The van der Waals surface area contributed by atoms with Crippen LogP contribution in [0, 0.1) is 11.6 Å². The smallest absolute Gasteiger partial charge is 0.260 e. The third kappa shape index (κ3) is 4.38. The lowest BCUT2D eigenvalue weighted by atomic mass is 10.0. The number of thiazole rings is 1. The standard InChI is InChI=1S/C22H23F2N3O2S/c1-14(2)15-3-5-17(6-4-15)29-13-20(28)26-7-9-27(10-8-26)22-25-21-18(24)11-16(23)12-19(21)30-22/h3-6,11-12,14H,7-10,13H2,1-2H3. The van der Waals surface area contributed by atoms with E-state index in [1.165, 1.54) is 23.0 Å². The molecular weight excluding hydrogens is 408 g/mol. The number of nitrogens with zero attached hydrogens (tertiary/aromatic N) is 3. The highest BCUT2D eigenvalue weighted by atomic mass is 32.1. The summed E-state index contributed by atoms with van der Waals surface area (Å²) in [5.41, 5.74) is 1.41. The van der Waals surface area contributed by atoms with E-state index >= 15 is 0 Å². The van der Waals surface area contributed by atoms with Crippen LogP contribution in [-0.4, -0.2) is 48.6 Å². The van der Waals surface area contributed by atoms with E-state index in [1.54, 1.807) is 4.90 Å². The minimum Gasteiger partial charge on any atom is -0.484 e. The summed E-state index contributed by atoms with van der Waals surface area (Å²) < 4.78 is 33.4. The van der Waals surface area contributed by atoms with Crippen LogP contribution in [0.25, 0.3) is 10.2 Å². The number of carbonyl (C=O) groups is 1. The van der Waals surface area contributed by atoms with Gasteiger partial charge < -0.3 is 14.5 Å². The Bertz CT molecular complexity index is 1040. The van der Waals surface area contributed by atoms with E-state index in [1.807, 2.05) is 29.2 Å². The number of ether oxygens (including phenoxy) is 1. The molecular formula is C22H23F2N3O2S. The van der Waals surface area contributed by atoms with E-state index < -0.39 is 11.6 Å². The van der Waals surface area contributed by atoms with Gasteiger partial charge in [0.15, 0.2) is 17.6 Å². The van der Waals surface area contributed by atoms with Gasteiger partial charge in [0.25, 0.3) is 5.91 Å². The van der Waals surface area contributed by atoms with Gasteiger partial charge in [-0.1, -0.05) is 37.3 Å². The first kappa shape index (κ1) is 20.5. The molecule has 0 aliphatic carbocycles. The third-order valence-corrected chi connectivity index (χ3v) is 6.28. The predicted molar refractivity (Wildman–Crippen MR) is 114 cm³/mol. The van der Waals surface area contributed by atoms with Crippen molar-refractivity contribution in [1.82, 2.24) is 9.88 Å². The molecule has 0 bridgehead atoms. The van der Waals surface area contributed by atoms with Crippen LogP contribution in [0.2, 0.25) is 0 Å². The summed E-state index contributed by atoms with van der Waals surface area (Å²) in [6.07, 6.45) is 0. The molecule has 8 heteroatoms. The number of fused-ring (bicyclic) bond motifs is 1. The third-order valence-electron chi connectivity index (χ3n) is 5.21. The maximum Gasteiger partial charge on any atom is 0.260 e. The minimum atomic E-state index is -0.653. The molecule has 1 saturated heterocycles. The van der Waals surface area contributed by atoms with Crippen molar-refractivity contribution in [2.75, 3.05) is 37.7 Å². The van der Waals surface area contributed by atoms with Crippen LogP contribution in [0.3, 0.4) is 0 Å². The maximum absolute atomic E-state index is 13.9. The number of amides is 1. The van der Waals surface area contributed by atoms with E-state index in [0.717, 1.165) is 6.07 Å². The van der Waals surface area contributed by atoms with Crippen molar-refractivity contribution in [3.8, 4) is 5.75 Å². The van der Waals surface area contributed by atoms with Crippen molar-refractivity contribution < 1.29 is 18.3 Å². The molecule has 3 aromatic rings. The molecule has 0 N–H and O–H groups in total. The summed E-state index contributed by atoms with van der Waals surface area (Å²) in [4.78, 5) is 20.6. The Hall–Kier alpha value is -2.74. The zero-order valence-corrected chi connectivity index (χ0v) is 17.7. The van der Waals surface area contributed by atoms with Gasteiger partial charge in [0.1, 0.15) is 17.1 Å². The fourth-order valence-electron chi connectivity index (χ4n) is 3.41. The Morgan fingerprint density at radius 3 is 2.50 bits per heavy atom.